The van der Waals surface area contributed by atoms with Crippen molar-refractivity contribution in [1.82, 2.24) is 9.88 Å². The number of anilines is 1. The summed E-state index contributed by atoms with van der Waals surface area (Å²) in [6, 6.07) is 12.1. The van der Waals surface area contributed by atoms with Crippen molar-refractivity contribution in [1.29, 1.82) is 0 Å². The van der Waals surface area contributed by atoms with Gasteiger partial charge in [-0.2, -0.15) is 0 Å². The van der Waals surface area contributed by atoms with Gasteiger partial charge in [-0.1, -0.05) is 37.5 Å². The summed E-state index contributed by atoms with van der Waals surface area (Å²) < 4.78 is 5.84. The highest BCUT2D eigenvalue weighted by Gasteiger charge is 2.38. The maximum absolute atomic E-state index is 12.6. The van der Waals surface area contributed by atoms with Gasteiger partial charge in [-0.15, -0.1) is 0 Å². The van der Waals surface area contributed by atoms with Crippen molar-refractivity contribution in [2.75, 3.05) is 25.1 Å². The van der Waals surface area contributed by atoms with E-state index in [1.807, 2.05) is 17.0 Å². The van der Waals surface area contributed by atoms with Crippen LogP contribution in [-0.4, -0.2) is 52.6 Å². The first-order valence-electron chi connectivity index (χ1n) is 11.0. The average Bonchev–Trinajstić information content (AvgIpc) is 2.82. The predicted molar refractivity (Wildman–Crippen MR) is 116 cm³/mol. The third kappa shape index (κ3) is 5.11. The number of nitrogens with zero attached hydrogens (tertiary/aromatic N) is 2. The van der Waals surface area contributed by atoms with Crippen molar-refractivity contribution >= 4 is 17.5 Å². The number of ether oxygens (including phenoxy) is 1. The number of amides is 2. The average molecular weight is 424 g/mol. The molecule has 2 N–H and O–H groups in total. The number of rotatable bonds is 6. The summed E-state index contributed by atoms with van der Waals surface area (Å²) in [4.78, 5) is 30.7. The number of nitrogens with one attached hydrogen (secondary N) is 1. The van der Waals surface area contributed by atoms with E-state index in [-0.39, 0.29) is 25.0 Å². The van der Waals surface area contributed by atoms with Crippen molar-refractivity contribution in [2.45, 2.75) is 44.2 Å². The van der Waals surface area contributed by atoms with Crippen LogP contribution in [-0.2, 0) is 9.53 Å². The fourth-order valence-electron chi connectivity index (χ4n) is 4.55. The summed E-state index contributed by atoms with van der Waals surface area (Å²) in [6.45, 7) is 0.551. The molecular weight excluding hydrogens is 394 g/mol. The van der Waals surface area contributed by atoms with Gasteiger partial charge in [0.25, 0.3) is 5.91 Å². The molecule has 0 radical (unpaired) electrons. The highest BCUT2D eigenvalue weighted by Crippen LogP contribution is 2.32. The Morgan fingerprint density at radius 3 is 2.58 bits per heavy atom. The van der Waals surface area contributed by atoms with E-state index < -0.39 is 12.1 Å². The third-order valence-corrected chi connectivity index (χ3v) is 6.22. The second kappa shape index (κ2) is 10.0. The van der Waals surface area contributed by atoms with E-state index in [1.165, 1.54) is 19.3 Å². The monoisotopic (exact) mass is 423 g/mol. The zero-order valence-corrected chi connectivity index (χ0v) is 17.6. The molecule has 2 heterocycles. The Morgan fingerprint density at radius 2 is 1.90 bits per heavy atom. The molecule has 0 unspecified atom stereocenters. The molecule has 2 aliphatic rings. The number of hydrogen-bond acceptors (Lipinski definition) is 5. The Morgan fingerprint density at radius 1 is 1.13 bits per heavy atom. The lowest BCUT2D eigenvalue weighted by Crippen LogP contribution is -2.54. The number of aromatic nitrogens is 1. The van der Waals surface area contributed by atoms with E-state index >= 15 is 0 Å². The van der Waals surface area contributed by atoms with Crippen LogP contribution in [0.4, 0.5) is 5.69 Å². The lowest BCUT2D eigenvalue weighted by molar-refractivity contribution is -0.162. The first-order chi connectivity index (χ1) is 15.2. The normalized spacial score (nSPS) is 22.4. The van der Waals surface area contributed by atoms with Crippen LogP contribution in [0.3, 0.4) is 0 Å². The number of aliphatic hydroxyl groups excluding tert-OH is 1. The number of aliphatic hydroxyl groups is 1. The molecule has 1 aliphatic heterocycles. The van der Waals surface area contributed by atoms with Crippen LogP contribution >= 0.6 is 0 Å². The van der Waals surface area contributed by atoms with Gasteiger partial charge >= 0.3 is 0 Å². The van der Waals surface area contributed by atoms with Gasteiger partial charge in [0, 0.05) is 18.4 Å². The highest BCUT2D eigenvalue weighted by atomic mass is 16.5. The molecule has 2 aromatic rings. The van der Waals surface area contributed by atoms with E-state index in [4.69, 9.17) is 4.74 Å². The Hall–Kier alpha value is -2.77. The second-order valence-corrected chi connectivity index (χ2v) is 8.32. The second-order valence-electron chi connectivity index (χ2n) is 8.32. The smallest absolute Gasteiger partial charge is 0.274 e. The number of carbonyl (C=O) groups is 2. The van der Waals surface area contributed by atoms with Gasteiger partial charge in [0.1, 0.15) is 18.4 Å². The summed E-state index contributed by atoms with van der Waals surface area (Å²) in [7, 11) is 0. The summed E-state index contributed by atoms with van der Waals surface area (Å²) in [6.07, 6.45) is 7.14. The largest absolute Gasteiger partial charge is 0.394 e. The molecule has 0 spiro atoms. The maximum Gasteiger partial charge on any atom is 0.274 e. The lowest BCUT2D eigenvalue weighted by Gasteiger charge is -2.42. The van der Waals surface area contributed by atoms with Gasteiger partial charge in [-0.25, -0.2) is 0 Å². The summed E-state index contributed by atoms with van der Waals surface area (Å²) in [5, 5.41) is 12.9. The molecule has 164 valence electrons. The minimum absolute atomic E-state index is 0.0199. The van der Waals surface area contributed by atoms with E-state index in [9.17, 15) is 14.7 Å². The zero-order valence-electron chi connectivity index (χ0n) is 17.6. The maximum atomic E-state index is 12.6. The Balaban J connectivity index is 1.44. The molecule has 1 saturated carbocycles. The van der Waals surface area contributed by atoms with Crippen LogP contribution < -0.4 is 5.32 Å². The molecule has 0 bridgehead atoms. The summed E-state index contributed by atoms with van der Waals surface area (Å²) in [5.74, 6) is 0.162. The lowest BCUT2D eigenvalue weighted by atomic mass is 9.88. The van der Waals surface area contributed by atoms with Crippen molar-refractivity contribution in [2.24, 2.45) is 5.92 Å². The Labute approximate surface area is 182 Å². The molecule has 1 aliphatic carbocycles. The number of hydrogen-bond donors (Lipinski definition) is 2. The third-order valence-electron chi connectivity index (χ3n) is 6.22. The standard InChI is InChI=1S/C24H29N3O4/c28-15-21-23(31-16-22(29)27(21)14-17-6-2-1-3-7-17)18-9-11-19(12-10-18)26-24(30)20-8-4-5-13-25-20/h4-5,8-13,17,21,23,28H,1-3,6-7,14-16H2,(H,26,30)/t21-,23-/m1/s1. The van der Waals surface area contributed by atoms with Gasteiger partial charge in [0.05, 0.1) is 12.6 Å². The van der Waals surface area contributed by atoms with E-state index in [1.54, 1.807) is 36.5 Å². The number of carbonyl (C=O) groups excluding carboxylic acids is 2. The number of pyridine rings is 1. The van der Waals surface area contributed by atoms with Gasteiger partial charge in [0.2, 0.25) is 5.91 Å². The Kier molecular flexibility index (Phi) is 6.94. The predicted octanol–water partition coefficient (Wildman–Crippen LogP) is 3.18. The quantitative estimate of drug-likeness (QED) is 0.745. The zero-order chi connectivity index (χ0) is 21.6. The Bertz CT molecular complexity index is 881. The molecule has 7 heteroatoms. The van der Waals surface area contributed by atoms with E-state index in [0.717, 1.165) is 18.4 Å². The molecule has 1 aromatic heterocycles. The number of morpholine rings is 1. The van der Waals surface area contributed by atoms with Crippen molar-refractivity contribution in [3.8, 4) is 0 Å². The first-order valence-corrected chi connectivity index (χ1v) is 11.0. The molecule has 2 amide bonds. The van der Waals surface area contributed by atoms with Crippen LogP contribution in [0.5, 0.6) is 0 Å². The van der Waals surface area contributed by atoms with E-state index in [0.29, 0.717) is 23.8 Å². The fourth-order valence-corrected chi connectivity index (χ4v) is 4.55. The van der Waals surface area contributed by atoms with Crippen molar-refractivity contribution in [3.63, 3.8) is 0 Å². The number of benzene rings is 1. The van der Waals surface area contributed by atoms with Gasteiger partial charge < -0.3 is 20.1 Å². The van der Waals surface area contributed by atoms with Gasteiger partial charge in [-0.05, 0) is 48.6 Å². The topological polar surface area (TPSA) is 91.8 Å². The fraction of sp³-hybridized carbons (Fsp3) is 0.458. The highest BCUT2D eigenvalue weighted by molar-refractivity contribution is 6.02. The molecule has 1 aromatic carbocycles. The van der Waals surface area contributed by atoms with Crippen LogP contribution in [0.15, 0.2) is 48.7 Å². The summed E-state index contributed by atoms with van der Waals surface area (Å²) >= 11 is 0. The molecule has 31 heavy (non-hydrogen) atoms. The van der Waals surface area contributed by atoms with Gasteiger partial charge in [0.15, 0.2) is 0 Å². The summed E-state index contributed by atoms with van der Waals surface area (Å²) in [5.41, 5.74) is 1.86. The molecule has 2 atom stereocenters. The van der Waals surface area contributed by atoms with Crippen molar-refractivity contribution in [3.05, 3.63) is 59.9 Å². The van der Waals surface area contributed by atoms with Gasteiger partial charge in [-0.3, -0.25) is 14.6 Å². The molecule has 2 fully saturated rings. The minimum Gasteiger partial charge on any atom is -0.394 e. The van der Waals surface area contributed by atoms with Crippen LogP contribution in [0, 0.1) is 5.92 Å². The van der Waals surface area contributed by atoms with Crippen LogP contribution in [0.2, 0.25) is 0 Å². The SMILES string of the molecule is O=C(Nc1ccc([C@H]2OCC(=O)N(CC3CCCCC3)[C@@H]2CO)cc1)c1ccccn1. The molecule has 1 saturated heterocycles. The molecule has 4 rings (SSSR count). The molecule has 7 nitrogen and oxygen atoms in total. The van der Waals surface area contributed by atoms with Crippen LogP contribution in [0.25, 0.3) is 0 Å². The van der Waals surface area contributed by atoms with Crippen molar-refractivity contribution < 1.29 is 19.4 Å². The minimum atomic E-state index is -0.405. The molecular formula is C24H29N3O4. The first kappa shape index (κ1) is 21.5. The van der Waals surface area contributed by atoms with Crippen LogP contribution in [0.1, 0.15) is 54.3 Å². The van der Waals surface area contributed by atoms with E-state index in [2.05, 4.69) is 10.3 Å².